The Labute approximate surface area is 153 Å². The molecule has 5 N–H and O–H groups in total. The molecule has 1 rings (SSSR count). The lowest BCUT2D eigenvalue weighted by Gasteiger charge is -2.27. The van der Waals surface area contributed by atoms with Crippen molar-refractivity contribution in [2.24, 2.45) is 11.7 Å². The summed E-state index contributed by atoms with van der Waals surface area (Å²) < 4.78 is 60.8. The Bertz CT molecular complexity index is 588. The lowest BCUT2D eigenvalue weighted by molar-refractivity contribution is -0.123. The highest BCUT2D eigenvalue weighted by Gasteiger charge is 2.19. The molecule has 1 aliphatic rings. The topological polar surface area (TPSA) is 186 Å². The molecule has 14 heteroatoms. The number of ether oxygens (including phenoxy) is 1. The molecule has 0 aromatic carbocycles. The lowest BCUT2D eigenvalue weighted by Crippen LogP contribution is -2.47. The van der Waals surface area contributed by atoms with Gasteiger partial charge < -0.3 is 15.8 Å². The van der Waals surface area contributed by atoms with Crippen molar-refractivity contribution >= 4 is 26.7 Å². The molecule has 1 fully saturated rings. The third-order valence-electron chi connectivity index (χ3n) is 3.56. The number of carbonyl (C=O) groups excluding carboxylic acids is 1. The summed E-state index contributed by atoms with van der Waals surface area (Å²) in [5, 5.41) is 2.90. The van der Waals surface area contributed by atoms with E-state index in [1.54, 1.807) is 0 Å². The van der Waals surface area contributed by atoms with Crippen LogP contribution in [0.15, 0.2) is 0 Å². The van der Waals surface area contributed by atoms with Gasteiger partial charge in [-0.3, -0.25) is 18.8 Å². The fourth-order valence-electron chi connectivity index (χ4n) is 1.90. The van der Waals surface area contributed by atoms with Gasteiger partial charge in [-0.15, -0.1) is 3.63 Å². The zero-order chi connectivity index (χ0) is 20.4. The third kappa shape index (κ3) is 13.3. The van der Waals surface area contributed by atoms with E-state index in [-0.39, 0.29) is 17.9 Å². The first-order chi connectivity index (χ1) is 11.9. The first kappa shape index (κ1) is 25.1. The average molecular weight is 421 g/mol. The fraction of sp³-hybridized carbons (Fsp3) is 0.917. The van der Waals surface area contributed by atoms with Gasteiger partial charge in [-0.25, -0.2) is 0 Å². The van der Waals surface area contributed by atoms with Gasteiger partial charge in [0.1, 0.15) is 0 Å². The number of carbonyl (C=O) groups is 1. The fourth-order valence-corrected chi connectivity index (χ4v) is 2.77. The lowest BCUT2D eigenvalue weighted by atomic mass is 9.99. The van der Waals surface area contributed by atoms with E-state index in [1.807, 2.05) is 13.8 Å². The van der Waals surface area contributed by atoms with Gasteiger partial charge in [-0.05, 0) is 5.92 Å². The van der Waals surface area contributed by atoms with Crippen LogP contribution in [0.25, 0.3) is 0 Å². The highest BCUT2D eigenvalue weighted by molar-refractivity contribution is 7.94. The van der Waals surface area contributed by atoms with Crippen LogP contribution in [0.3, 0.4) is 0 Å². The molecule has 0 aromatic rings. The summed E-state index contributed by atoms with van der Waals surface area (Å²) in [4.78, 5) is 14.0. The van der Waals surface area contributed by atoms with Crippen molar-refractivity contribution in [2.75, 3.05) is 39.4 Å². The Morgan fingerprint density at radius 2 is 1.73 bits per heavy atom. The molecular weight excluding hydrogens is 394 g/mol. The number of hydrogen-bond acceptors (Lipinski definition) is 9. The second-order valence-corrected chi connectivity index (χ2v) is 7.84. The number of nitrogens with zero attached hydrogens (tertiary/aromatic N) is 1. The van der Waals surface area contributed by atoms with Gasteiger partial charge in [0.2, 0.25) is 5.91 Å². The van der Waals surface area contributed by atoms with Crippen molar-refractivity contribution in [3.8, 4) is 0 Å². The summed E-state index contributed by atoms with van der Waals surface area (Å²) in [5.74, 6) is 0.200. The number of nitrogens with two attached hydrogens (primary N) is 1. The van der Waals surface area contributed by atoms with Crippen molar-refractivity contribution < 1.29 is 39.1 Å². The maximum atomic E-state index is 11.7. The number of rotatable bonds is 8. The molecule has 0 aliphatic carbocycles. The third-order valence-corrected chi connectivity index (χ3v) is 4.94. The van der Waals surface area contributed by atoms with E-state index >= 15 is 0 Å². The number of nitrogens with one attached hydrogen (secondary N) is 1. The van der Waals surface area contributed by atoms with Crippen LogP contribution in [0, 0.1) is 5.92 Å². The van der Waals surface area contributed by atoms with Crippen molar-refractivity contribution in [1.29, 1.82) is 0 Å². The monoisotopic (exact) mass is 421 g/mol. The molecule has 0 spiro atoms. The van der Waals surface area contributed by atoms with Crippen LogP contribution >= 0.6 is 0 Å². The summed E-state index contributed by atoms with van der Waals surface area (Å²) in [6.07, 6.45) is 0.929. The van der Waals surface area contributed by atoms with Gasteiger partial charge in [-0.2, -0.15) is 16.8 Å². The van der Waals surface area contributed by atoms with Crippen LogP contribution in [-0.2, 0) is 34.0 Å². The smallest absolute Gasteiger partial charge is 0.379 e. The first-order valence-electron chi connectivity index (χ1n) is 7.85. The van der Waals surface area contributed by atoms with Crippen molar-refractivity contribution in [3.05, 3.63) is 0 Å². The van der Waals surface area contributed by atoms with Crippen LogP contribution in [-0.4, -0.2) is 82.2 Å². The Morgan fingerprint density at radius 3 is 2.12 bits per heavy atom. The summed E-state index contributed by atoms with van der Waals surface area (Å²) in [6.45, 7) is 9.09. The van der Waals surface area contributed by atoms with E-state index in [2.05, 4.69) is 13.8 Å². The van der Waals surface area contributed by atoms with Crippen LogP contribution in [0.2, 0.25) is 0 Å². The Hall–Kier alpha value is -0.870. The summed E-state index contributed by atoms with van der Waals surface area (Å²) in [5.41, 5.74) is 5.84. The van der Waals surface area contributed by atoms with Crippen LogP contribution < -0.4 is 11.1 Å². The molecule has 156 valence electrons. The summed E-state index contributed by atoms with van der Waals surface area (Å²) in [6, 6.07) is -0.385. The summed E-state index contributed by atoms with van der Waals surface area (Å²) in [7, 11) is -10.2. The molecule has 12 nitrogen and oxygen atoms in total. The molecule has 0 radical (unpaired) electrons. The highest BCUT2D eigenvalue weighted by atomic mass is 32.3. The standard InChI is InChI=1S/C12H25N3O2.H2O7S2/c1-3-10(2)11(13)12(16)14-4-5-15-6-8-17-9-7-15;1-8(2,3)7-9(4,5)6/h10-11H,3-9,13H2,1-2H3,(H,14,16);(H,1,2,3)(H,4,5,6). The van der Waals surface area contributed by atoms with E-state index in [0.29, 0.717) is 6.54 Å². The number of hydrogen-bond donors (Lipinski definition) is 4. The predicted molar refractivity (Wildman–Crippen MR) is 91.9 cm³/mol. The van der Waals surface area contributed by atoms with Gasteiger partial charge in [0.15, 0.2) is 0 Å². The second-order valence-electron chi connectivity index (χ2n) is 5.58. The van der Waals surface area contributed by atoms with E-state index in [1.165, 1.54) is 0 Å². The van der Waals surface area contributed by atoms with Gasteiger partial charge in [0, 0.05) is 26.2 Å². The average Bonchev–Trinajstić information content (AvgIpc) is 2.51. The minimum atomic E-state index is -5.12. The van der Waals surface area contributed by atoms with E-state index in [4.69, 9.17) is 19.6 Å². The van der Waals surface area contributed by atoms with Gasteiger partial charge in [-0.1, -0.05) is 20.3 Å². The second kappa shape index (κ2) is 11.8. The molecule has 2 unspecified atom stereocenters. The molecule has 2 atom stereocenters. The zero-order valence-corrected chi connectivity index (χ0v) is 16.3. The highest BCUT2D eigenvalue weighted by Crippen LogP contribution is 2.04. The Balaban J connectivity index is 0.000000590. The maximum absolute atomic E-state index is 11.7. The largest absolute Gasteiger partial charge is 0.413 e. The molecule has 0 aromatic heterocycles. The molecule has 1 aliphatic heterocycles. The van der Waals surface area contributed by atoms with Crippen LogP contribution in [0.1, 0.15) is 20.3 Å². The van der Waals surface area contributed by atoms with E-state index in [9.17, 15) is 21.6 Å². The number of morpholine rings is 1. The molecule has 0 bridgehead atoms. The molecule has 1 amide bonds. The van der Waals surface area contributed by atoms with Gasteiger partial charge in [0.05, 0.1) is 19.3 Å². The quantitative estimate of drug-likeness (QED) is 0.331. The van der Waals surface area contributed by atoms with Crippen molar-refractivity contribution in [1.82, 2.24) is 10.2 Å². The van der Waals surface area contributed by atoms with Gasteiger partial charge >= 0.3 is 20.8 Å². The van der Waals surface area contributed by atoms with Crippen molar-refractivity contribution in [2.45, 2.75) is 26.3 Å². The molecule has 26 heavy (non-hydrogen) atoms. The number of amides is 1. The van der Waals surface area contributed by atoms with Crippen LogP contribution in [0.5, 0.6) is 0 Å². The first-order valence-corrected chi connectivity index (χ1v) is 10.6. The molecule has 1 heterocycles. The Morgan fingerprint density at radius 1 is 1.23 bits per heavy atom. The maximum Gasteiger partial charge on any atom is 0.413 e. The Kier molecular flexibility index (Phi) is 11.4. The van der Waals surface area contributed by atoms with E-state index < -0.39 is 20.8 Å². The van der Waals surface area contributed by atoms with Crippen molar-refractivity contribution in [3.63, 3.8) is 0 Å². The molecule has 1 saturated heterocycles. The zero-order valence-electron chi connectivity index (χ0n) is 14.7. The molecule has 0 saturated carbocycles. The predicted octanol–water partition coefficient (Wildman–Crippen LogP) is -1.58. The van der Waals surface area contributed by atoms with Gasteiger partial charge in [0.25, 0.3) is 0 Å². The van der Waals surface area contributed by atoms with E-state index in [0.717, 1.165) is 39.3 Å². The normalized spacial score (nSPS) is 18.3. The summed E-state index contributed by atoms with van der Waals surface area (Å²) >= 11 is 0. The minimum Gasteiger partial charge on any atom is -0.379 e. The molecular formula is C12H27N3O9S2. The minimum absolute atomic E-state index is 0.0346. The van der Waals surface area contributed by atoms with Crippen LogP contribution in [0.4, 0.5) is 0 Å². The SMILES string of the molecule is CCC(C)C(N)C(=O)NCCN1CCOCC1.O=S(=O)(O)OS(=O)(=O)O.